The Bertz CT molecular complexity index is 449. The van der Waals surface area contributed by atoms with E-state index >= 15 is 0 Å². The molecular formula is C10H14O5S2. The first-order valence-electron chi connectivity index (χ1n) is 4.44. The van der Waals surface area contributed by atoms with Gasteiger partial charge in [-0.05, 0) is 0 Å². The molecule has 0 atom stereocenters. The van der Waals surface area contributed by atoms with E-state index in [1.165, 1.54) is 0 Å². The maximum atomic E-state index is 11.5. The van der Waals surface area contributed by atoms with Gasteiger partial charge in [-0.3, -0.25) is 0 Å². The molecule has 0 unspecified atom stereocenters. The van der Waals surface area contributed by atoms with Crippen molar-refractivity contribution in [2.45, 2.75) is 10.5 Å². The summed E-state index contributed by atoms with van der Waals surface area (Å²) in [4.78, 5) is 0. The highest BCUT2D eigenvalue weighted by atomic mass is 32.3. The maximum Gasteiger partial charge on any atom is 0.291 e. The Morgan fingerprint density at radius 1 is 0.706 bits per heavy atom. The maximum absolute atomic E-state index is 11.5. The minimum atomic E-state index is -4.37. The van der Waals surface area contributed by atoms with Gasteiger partial charge >= 0.3 is 0 Å². The summed E-state index contributed by atoms with van der Waals surface area (Å²) in [7, 11) is -8.73. The lowest BCUT2D eigenvalue weighted by Crippen LogP contribution is -2.27. The van der Waals surface area contributed by atoms with E-state index in [0.29, 0.717) is 0 Å². The summed E-state index contributed by atoms with van der Waals surface area (Å²) in [6.45, 7) is 13.0. The Morgan fingerprint density at radius 3 is 1.12 bits per heavy atom. The van der Waals surface area contributed by atoms with Gasteiger partial charge in [-0.1, -0.05) is 24.3 Å². The normalized spacial score (nSPS) is 12.4. The third kappa shape index (κ3) is 3.95. The van der Waals surface area contributed by atoms with Crippen molar-refractivity contribution in [3.8, 4) is 0 Å². The van der Waals surface area contributed by atoms with Crippen LogP contribution < -0.4 is 0 Å². The van der Waals surface area contributed by atoms with E-state index in [9.17, 15) is 16.8 Å². The second-order valence-corrected chi connectivity index (χ2v) is 6.53. The first kappa shape index (κ1) is 15.8. The molecule has 0 bridgehead atoms. The summed E-state index contributed by atoms with van der Waals surface area (Å²) in [5, 5.41) is -2.60. The Balaban J connectivity index is 5.34. The van der Waals surface area contributed by atoms with Gasteiger partial charge in [-0.25, -0.2) is 0 Å². The van der Waals surface area contributed by atoms with Crippen molar-refractivity contribution in [3.05, 3.63) is 50.6 Å². The molecule has 0 aromatic rings. The first-order valence-corrected chi connectivity index (χ1v) is 7.38. The minimum absolute atomic E-state index is 1.01. The topological polar surface area (TPSA) is 77.5 Å². The highest BCUT2D eigenvalue weighted by Gasteiger charge is 2.31. The van der Waals surface area contributed by atoms with Gasteiger partial charge in [0.1, 0.15) is 10.5 Å². The van der Waals surface area contributed by atoms with E-state index in [1.807, 2.05) is 0 Å². The fraction of sp³-hybridized carbons (Fsp3) is 0.200. The lowest BCUT2D eigenvalue weighted by Gasteiger charge is -2.12. The van der Waals surface area contributed by atoms with Crippen LogP contribution in [0.4, 0.5) is 0 Å². The van der Waals surface area contributed by atoms with Crippen molar-refractivity contribution in [2.24, 2.45) is 0 Å². The van der Waals surface area contributed by atoms with Crippen molar-refractivity contribution < 1.29 is 20.5 Å². The van der Waals surface area contributed by atoms with Crippen molar-refractivity contribution in [1.29, 1.82) is 0 Å². The molecule has 0 saturated carbocycles. The third-order valence-electron chi connectivity index (χ3n) is 1.79. The van der Waals surface area contributed by atoms with Gasteiger partial charge in [0, 0.05) is 0 Å². The molecule has 0 heterocycles. The molecular weight excluding hydrogens is 264 g/mol. The van der Waals surface area contributed by atoms with Gasteiger partial charge in [0.05, 0.1) is 0 Å². The van der Waals surface area contributed by atoms with Crippen LogP contribution >= 0.6 is 0 Å². The van der Waals surface area contributed by atoms with Gasteiger partial charge < -0.3 is 0 Å². The molecule has 0 rings (SSSR count). The molecule has 0 aliphatic rings. The minimum Gasteiger partial charge on any atom is -0.197 e. The van der Waals surface area contributed by atoms with Gasteiger partial charge in [-0.15, -0.1) is 29.9 Å². The third-order valence-corrected chi connectivity index (χ3v) is 5.41. The van der Waals surface area contributed by atoms with E-state index in [2.05, 4.69) is 29.9 Å². The van der Waals surface area contributed by atoms with Crippen molar-refractivity contribution in [1.82, 2.24) is 0 Å². The smallest absolute Gasteiger partial charge is 0.197 e. The fourth-order valence-corrected chi connectivity index (χ4v) is 3.61. The zero-order valence-electron chi connectivity index (χ0n) is 9.15. The summed E-state index contributed by atoms with van der Waals surface area (Å²) < 4.78 is 50.3. The molecule has 7 heteroatoms. The lowest BCUT2D eigenvalue weighted by molar-refractivity contribution is 0.459. The van der Waals surface area contributed by atoms with Crippen molar-refractivity contribution in [3.63, 3.8) is 0 Å². The molecule has 0 N–H and O–H groups in total. The summed E-state index contributed by atoms with van der Waals surface area (Å²) in [5.41, 5.74) is 0. The second-order valence-electron chi connectivity index (χ2n) is 2.93. The van der Waals surface area contributed by atoms with Crippen LogP contribution in [-0.4, -0.2) is 27.3 Å². The van der Waals surface area contributed by atoms with Crippen LogP contribution in [0.2, 0.25) is 0 Å². The molecule has 0 spiro atoms. The largest absolute Gasteiger partial charge is 0.291 e. The molecule has 5 nitrogen and oxygen atoms in total. The highest BCUT2D eigenvalue weighted by Crippen LogP contribution is 2.15. The zero-order valence-corrected chi connectivity index (χ0v) is 10.8. The van der Waals surface area contributed by atoms with E-state index in [1.54, 1.807) is 0 Å². The Morgan fingerprint density at radius 2 is 0.941 bits per heavy atom. The molecule has 0 fully saturated rings. The SMILES string of the molecule is C=CC(C=C)S(=O)(=O)OS(=O)(=O)C(C=C)C=C. The Labute approximate surface area is 102 Å². The molecule has 17 heavy (non-hydrogen) atoms. The summed E-state index contributed by atoms with van der Waals surface area (Å²) >= 11 is 0. The van der Waals surface area contributed by atoms with Crippen LogP contribution in [0.3, 0.4) is 0 Å². The van der Waals surface area contributed by atoms with E-state index < -0.39 is 30.7 Å². The molecule has 0 radical (unpaired) electrons. The van der Waals surface area contributed by atoms with Crippen LogP contribution in [-0.2, 0) is 23.9 Å². The Hall–Kier alpha value is -1.18. The predicted molar refractivity (Wildman–Crippen MR) is 67.3 cm³/mol. The highest BCUT2D eigenvalue weighted by molar-refractivity contribution is 8.00. The zero-order chi connectivity index (χ0) is 13.7. The van der Waals surface area contributed by atoms with Crippen LogP contribution in [0, 0.1) is 0 Å². The number of hydrogen-bond donors (Lipinski definition) is 0. The first-order chi connectivity index (χ1) is 7.75. The number of rotatable bonds is 8. The van der Waals surface area contributed by atoms with Gasteiger partial charge in [0.15, 0.2) is 0 Å². The Kier molecular flexibility index (Phi) is 5.53. The van der Waals surface area contributed by atoms with Crippen LogP contribution in [0.15, 0.2) is 50.6 Å². The van der Waals surface area contributed by atoms with Gasteiger partial charge in [0.2, 0.25) is 0 Å². The monoisotopic (exact) mass is 278 g/mol. The summed E-state index contributed by atoms with van der Waals surface area (Å²) in [5.74, 6) is 0. The molecule has 0 aromatic heterocycles. The van der Waals surface area contributed by atoms with Crippen molar-refractivity contribution in [2.75, 3.05) is 0 Å². The van der Waals surface area contributed by atoms with E-state index in [-0.39, 0.29) is 0 Å². The lowest BCUT2D eigenvalue weighted by atomic mass is 10.4. The molecule has 0 aliphatic carbocycles. The number of hydrogen-bond acceptors (Lipinski definition) is 5. The van der Waals surface area contributed by atoms with Gasteiger partial charge in [-0.2, -0.15) is 16.8 Å². The molecule has 0 saturated heterocycles. The molecule has 0 amide bonds. The molecule has 0 aromatic carbocycles. The van der Waals surface area contributed by atoms with Gasteiger partial charge in [0.25, 0.3) is 20.2 Å². The van der Waals surface area contributed by atoms with Crippen LogP contribution in [0.1, 0.15) is 0 Å². The average Bonchev–Trinajstić information content (AvgIpc) is 2.18. The van der Waals surface area contributed by atoms with Crippen LogP contribution in [0.5, 0.6) is 0 Å². The van der Waals surface area contributed by atoms with E-state index in [4.69, 9.17) is 0 Å². The second kappa shape index (κ2) is 5.95. The summed E-state index contributed by atoms with van der Waals surface area (Å²) in [6.07, 6.45) is 4.03. The van der Waals surface area contributed by atoms with E-state index in [0.717, 1.165) is 24.3 Å². The molecule has 0 aliphatic heterocycles. The fourth-order valence-electron chi connectivity index (χ4n) is 0.887. The van der Waals surface area contributed by atoms with Crippen molar-refractivity contribution >= 4 is 20.2 Å². The summed E-state index contributed by atoms with van der Waals surface area (Å²) in [6, 6.07) is 0. The standard InChI is InChI=1S/C10H14O5S2/c1-5-9(6-2)16(11,12)15-17(13,14)10(7-3)8-4/h5-10H,1-4H2. The van der Waals surface area contributed by atoms with Crippen LogP contribution in [0.25, 0.3) is 0 Å². The average molecular weight is 278 g/mol. The molecule has 96 valence electrons. The quantitative estimate of drug-likeness (QED) is 0.622. The predicted octanol–water partition coefficient (Wildman–Crippen LogP) is 1.14.